The summed E-state index contributed by atoms with van der Waals surface area (Å²) in [5.41, 5.74) is 0.879. The molecule has 0 saturated carbocycles. The van der Waals surface area contributed by atoms with Gasteiger partial charge in [0.25, 0.3) is 0 Å². The van der Waals surface area contributed by atoms with Crippen molar-refractivity contribution in [1.29, 1.82) is 0 Å². The maximum Gasteiger partial charge on any atom is 0.329 e. The third-order valence-electron chi connectivity index (χ3n) is 3.92. The van der Waals surface area contributed by atoms with Gasteiger partial charge in [-0.2, -0.15) is 0 Å². The fraction of sp³-hybridized carbons (Fsp3) is 0.333. The minimum absolute atomic E-state index is 0.0373. The second-order valence-corrected chi connectivity index (χ2v) is 7.39. The van der Waals surface area contributed by atoms with Crippen molar-refractivity contribution in [3.8, 4) is 5.75 Å². The van der Waals surface area contributed by atoms with Crippen molar-refractivity contribution in [1.82, 2.24) is 5.32 Å². The van der Waals surface area contributed by atoms with Gasteiger partial charge in [0.2, 0.25) is 5.91 Å². The van der Waals surface area contributed by atoms with Crippen LogP contribution in [0.5, 0.6) is 5.75 Å². The minimum atomic E-state index is -0.727. The number of benzene rings is 2. The Balaban J connectivity index is 1.80. The second kappa shape index (κ2) is 10.9. The van der Waals surface area contributed by atoms with Crippen molar-refractivity contribution >= 4 is 35.1 Å². The smallest absolute Gasteiger partial charge is 0.329 e. The van der Waals surface area contributed by atoms with E-state index in [-0.39, 0.29) is 31.5 Å². The summed E-state index contributed by atoms with van der Waals surface area (Å²) in [6.45, 7) is 3.86. The Morgan fingerprint density at radius 1 is 1.04 bits per heavy atom. The number of esters is 1. The highest BCUT2D eigenvalue weighted by Gasteiger charge is 2.25. The third-order valence-corrected chi connectivity index (χ3v) is 4.45. The number of ether oxygens (including phenoxy) is 2. The first-order chi connectivity index (χ1) is 13.4. The van der Waals surface area contributed by atoms with Gasteiger partial charge in [-0.25, -0.2) is 4.79 Å². The highest BCUT2D eigenvalue weighted by atomic mass is 35.5. The van der Waals surface area contributed by atoms with Crippen molar-refractivity contribution in [2.45, 2.75) is 26.3 Å². The van der Waals surface area contributed by atoms with Crippen molar-refractivity contribution < 1.29 is 19.1 Å². The van der Waals surface area contributed by atoms with E-state index < -0.39 is 12.0 Å². The summed E-state index contributed by atoms with van der Waals surface area (Å²) in [5, 5.41) is 3.64. The molecule has 150 valence electrons. The molecule has 0 unspecified atom stereocenters. The Kier molecular flexibility index (Phi) is 8.61. The zero-order chi connectivity index (χ0) is 20.5. The zero-order valence-corrected chi connectivity index (χ0v) is 17.3. The molecule has 7 heteroatoms. The average Bonchev–Trinajstić information content (AvgIpc) is 2.65. The predicted molar refractivity (Wildman–Crippen MR) is 110 cm³/mol. The summed E-state index contributed by atoms with van der Waals surface area (Å²) >= 11 is 11.9. The van der Waals surface area contributed by atoms with Crippen LogP contribution in [-0.4, -0.2) is 31.1 Å². The number of halogens is 2. The Bertz CT molecular complexity index is 796. The van der Waals surface area contributed by atoms with E-state index in [2.05, 4.69) is 5.32 Å². The Morgan fingerprint density at radius 2 is 1.75 bits per heavy atom. The van der Waals surface area contributed by atoms with Gasteiger partial charge < -0.3 is 14.8 Å². The van der Waals surface area contributed by atoms with Crippen LogP contribution < -0.4 is 10.1 Å². The van der Waals surface area contributed by atoms with E-state index >= 15 is 0 Å². The monoisotopic (exact) mass is 423 g/mol. The first kappa shape index (κ1) is 22.1. The molecule has 1 atom stereocenters. The van der Waals surface area contributed by atoms with Gasteiger partial charge in [0, 0.05) is 5.02 Å². The van der Waals surface area contributed by atoms with Crippen LogP contribution in [0.2, 0.25) is 10.0 Å². The number of rotatable bonds is 9. The average molecular weight is 424 g/mol. The van der Waals surface area contributed by atoms with E-state index in [4.69, 9.17) is 32.7 Å². The first-order valence-electron chi connectivity index (χ1n) is 8.94. The standard InChI is InChI=1S/C21H23Cl2NO4/c1-14(2)20(24-19(25)12-15-6-4-3-5-7-15)21(26)28-11-10-27-18-9-8-16(22)13-17(18)23/h3-9,13-14,20H,10-12H2,1-2H3,(H,24,25)/t20-/m0/s1. The molecule has 0 saturated heterocycles. The summed E-state index contributed by atoms with van der Waals surface area (Å²) in [5.74, 6) is -0.384. The lowest BCUT2D eigenvalue weighted by Gasteiger charge is -2.21. The zero-order valence-electron chi connectivity index (χ0n) is 15.8. The lowest BCUT2D eigenvalue weighted by molar-refractivity contribution is -0.149. The van der Waals surface area contributed by atoms with Crippen molar-refractivity contribution in [3.05, 3.63) is 64.1 Å². The predicted octanol–water partition coefficient (Wildman–Crippen LogP) is 4.30. The number of hydrogen-bond donors (Lipinski definition) is 1. The summed E-state index contributed by atoms with van der Waals surface area (Å²) in [4.78, 5) is 24.6. The third kappa shape index (κ3) is 7.06. The molecule has 0 spiro atoms. The van der Waals surface area contributed by atoms with E-state index in [1.807, 2.05) is 44.2 Å². The highest BCUT2D eigenvalue weighted by Crippen LogP contribution is 2.27. The van der Waals surface area contributed by atoms with Crippen molar-refractivity contribution in [2.24, 2.45) is 5.92 Å². The van der Waals surface area contributed by atoms with E-state index in [0.717, 1.165) is 5.56 Å². The van der Waals surface area contributed by atoms with Gasteiger partial charge in [0.05, 0.1) is 11.4 Å². The molecule has 1 N–H and O–H groups in total. The van der Waals surface area contributed by atoms with Crippen LogP contribution in [0.15, 0.2) is 48.5 Å². The van der Waals surface area contributed by atoms with Crippen LogP contribution in [0.4, 0.5) is 0 Å². The SMILES string of the molecule is CC(C)[C@H](NC(=O)Cc1ccccc1)C(=O)OCCOc1ccc(Cl)cc1Cl. The number of carbonyl (C=O) groups is 2. The number of amides is 1. The number of nitrogens with one attached hydrogen (secondary N) is 1. The molecule has 2 rings (SSSR count). The van der Waals surface area contributed by atoms with Gasteiger partial charge >= 0.3 is 5.97 Å². The molecule has 0 fully saturated rings. The molecule has 28 heavy (non-hydrogen) atoms. The van der Waals surface area contributed by atoms with Crippen molar-refractivity contribution in [3.63, 3.8) is 0 Å². The van der Waals surface area contributed by atoms with E-state index in [1.165, 1.54) is 0 Å². The molecule has 5 nitrogen and oxygen atoms in total. The summed E-state index contributed by atoms with van der Waals surface area (Å²) in [7, 11) is 0. The minimum Gasteiger partial charge on any atom is -0.488 e. The van der Waals surface area contributed by atoms with E-state index in [9.17, 15) is 9.59 Å². The Labute approximate surface area is 174 Å². The Hall–Kier alpha value is -2.24. The molecular formula is C21H23Cl2NO4. The molecule has 0 heterocycles. The summed E-state index contributed by atoms with van der Waals surface area (Å²) < 4.78 is 10.7. The van der Waals surface area contributed by atoms with Crippen LogP contribution in [0.25, 0.3) is 0 Å². The van der Waals surface area contributed by atoms with Gasteiger partial charge in [0.1, 0.15) is 25.0 Å². The van der Waals surface area contributed by atoms with E-state index in [0.29, 0.717) is 15.8 Å². The number of hydrogen-bond acceptors (Lipinski definition) is 4. The molecule has 2 aromatic rings. The fourth-order valence-corrected chi connectivity index (χ4v) is 2.94. The largest absolute Gasteiger partial charge is 0.488 e. The molecule has 0 aromatic heterocycles. The van der Waals surface area contributed by atoms with E-state index in [1.54, 1.807) is 18.2 Å². The molecule has 0 bridgehead atoms. The van der Waals surface area contributed by atoms with Crippen LogP contribution in [0.1, 0.15) is 19.4 Å². The van der Waals surface area contributed by atoms with Crippen molar-refractivity contribution in [2.75, 3.05) is 13.2 Å². The quantitative estimate of drug-likeness (QED) is 0.482. The van der Waals surface area contributed by atoms with Crippen LogP contribution in [-0.2, 0) is 20.7 Å². The van der Waals surface area contributed by atoms with Crippen LogP contribution in [0, 0.1) is 5.92 Å². The van der Waals surface area contributed by atoms with Gasteiger partial charge in [-0.1, -0.05) is 67.4 Å². The van der Waals surface area contributed by atoms with Gasteiger partial charge in [-0.05, 0) is 29.7 Å². The van der Waals surface area contributed by atoms with Crippen LogP contribution in [0.3, 0.4) is 0 Å². The maximum absolute atomic E-state index is 12.4. The molecule has 0 aliphatic rings. The normalized spacial score (nSPS) is 11.8. The lowest BCUT2D eigenvalue weighted by Crippen LogP contribution is -2.46. The van der Waals surface area contributed by atoms with Gasteiger partial charge in [-0.15, -0.1) is 0 Å². The number of carbonyl (C=O) groups excluding carboxylic acids is 2. The molecule has 0 aliphatic carbocycles. The first-order valence-corrected chi connectivity index (χ1v) is 9.70. The molecular weight excluding hydrogens is 401 g/mol. The molecule has 0 radical (unpaired) electrons. The molecule has 2 aromatic carbocycles. The topological polar surface area (TPSA) is 64.6 Å². The van der Waals surface area contributed by atoms with Gasteiger partial charge in [0.15, 0.2) is 0 Å². The van der Waals surface area contributed by atoms with Crippen LogP contribution >= 0.6 is 23.2 Å². The maximum atomic E-state index is 12.4. The second-order valence-electron chi connectivity index (χ2n) is 6.54. The highest BCUT2D eigenvalue weighted by molar-refractivity contribution is 6.35. The van der Waals surface area contributed by atoms with Gasteiger partial charge in [-0.3, -0.25) is 4.79 Å². The lowest BCUT2D eigenvalue weighted by atomic mass is 10.0. The molecule has 0 aliphatic heterocycles. The molecule has 1 amide bonds. The Morgan fingerprint density at radius 3 is 2.39 bits per heavy atom. The summed E-state index contributed by atoms with van der Waals surface area (Å²) in [6.07, 6.45) is 0.204. The fourth-order valence-electron chi connectivity index (χ4n) is 2.48. The summed E-state index contributed by atoms with van der Waals surface area (Å²) in [6, 6.07) is 13.5.